The molecule has 2 fully saturated rings. The fourth-order valence-electron chi connectivity index (χ4n) is 6.27. The third-order valence-corrected chi connectivity index (χ3v) is 8.80. The van der Waals surface area contributed by atoms with Gasteiger partial charge in [-0.05, 0) is 62.1 Å². The Balaban J connectivity index is 1.24. The second-order valence-corrected chi connectivity index (χ2v) is 11.9. The number of fused-ring (bicyclic) bond motifs is 3. The molecule has 12 heteroatoms. The van der Waals surface area contributed by atoms with Gasteiger partial charge in [-0.1, -0.05) is 52.7 Å². The van der Waals surface area contributed by atoms with E-state index in [1.807, 2.05) is 33.3 Å². The van der Waals surface area contributed by atoms with Crippen LogP contribution in [0.3, 0.4) is 0 Å². The summed E-state index contributed by atoms with van der Waals surface area (Å²) in [6.07, 6.45) is 3.89. The SMILES string of the molecule is C[C@@H]1CN(c2nc3nncn3c3c2nnn3C[C@H]2CCCO2)[C@@H](C)CN1C(c1ccc(Cl)cc1)c1ccc(Cl)cc1. The highest BCUT2D eigenvalue weighted by molar-refractivity contribution is 6.30. The summed E-state index contributed by atoms with van der Waals surface area (Å²) in [5, 5.41) is 19.1. The fraction of sp³-hybridized carbons (Fsp3) is 0.414. The van der Waals surface area contributed by atoms with Crippen molar-refractivity contribution in [3.8, 4) is 0 Å². The lowest BCUT2D eigenvalue weighted by atomic mass is 9.93. The van der Waals surface area contributed by atoms with Crippen molar-refractivity contribution in [2.24, 2.45) is 0 Å². The van der Waals surface area contributed by atoms with Crippen LogP contribution in [0.5, 0.6) is 0 Å². The fourth-order valence-corrected chi connectivity index (χ4v) is 6.52. The van der Waals surface area contributed by atoms with Gasteiger partial charge in [-0.25, -0.2) is 9.08 Å². The van der Waals surface area contributed by atoms with Crippen LogP contribution in [-0.2, 0) is 11.3 Å². The molecule has 7 rings (SSSR count). The maximum absolute atomic E-state index is 6.26. The second-order valence-electron chi connectivity index (χ2n) is 11.1. The molecule has 5 heterocycles. The van der Waals surface area contributed by atoms with Gasteiger partial charge < -0.3 is 9.64 Å². The molecular weight excluding hydrogens is 561 g/mol. The van der Waals surface area contributed by atoms with Crippen LogP contribution in [-0.4, -0.2) is 77.4 Å². The van der Waals surface area contributed by atoms with Crippen LogP contribution in [0, 0.1) is 0 Å². The number of nitrogens with zero attached hydrogens (tertiary/aromatic N) is 9. The van der Waals surface area contributed by atoms with Crippen LogP contribution in [0.25, 0.3) is 16.9 Å². The number of benzene rings is 2. The Morgan fingerprint density at radius 1 is 0.927 bits per heavy atom. The van der Waals surface area contributed by atoms with E-state index < -0.39 is 0 Å². The van der Waals surface area contributed by atoms with E-state index in [-0.39, 0.29) is 24.2 Å². The van der Waals surface area contributed by atoms with E-state index in [1.54, 1.807) is 6.33 Å². The Morgan fingerprint density at radius 2 is 1.63 bits per heavy atom. The van der Waals surface area contributed by atoms with Crippen molar-refractivity contribution < 1.29 is 4.74 Å². The summed E-state index contributed by atoms with van der Waals surface area (Å²) < 4.78 is 9.67. The van der Waals surface area contributed by atoms with Gasteiger partial charge in [-0.2, -0.15) is 4.98 Å². The lowest BCUT2D eigenvalue weighted by molar-refractivity contribution is 0.0944. The first-order valence-electron chi connectivity index (χ1n) is 14.0. The van der Waals surface area contributed by atoms with E-state index in [0.717, 1.165) is 59.6 Å². The molecule has 3 atom stereocenters. The number of aromatic nitrogens is 7. The molecule has 2 saturated heterocycles. The number of hydrogen-bond donors (Lipinski definition) is 0. The topological polar surface area (TPSA) is 89.5 Å². The van der Waals surface area contributed by atoms with Gasteiger partial charge >= 0.3 is 0 Å². The van der Waals surface area contributed by atoms with Gasteiger partial charge in [-0.3, -0.25) is 4.90 Å². The summed E-state index contributed by atoms with van der Waals surface area (Å²) in [6, 6.07) is 16.7. The second kappa shape index (κ2) is 10.8. The van der Waals surface area contributed by atoms with Crippen molar-refractivity contribution >= 4 is 46.0 Å². The van der Waals surface area contributed by atoms with Gasteiger partial charge in [0.25, 0.3) is 5.78 Å². The minimum atomic E-state index is 0.0448. The minimum absolute atomic E-state index is 0.0448. The number of hydrogen-bond acceptors (Lipinski definition) is 8. The van der Waals surface area contributed by atoms with Crippen LogP contribution >= 0.6 is 23.2 Å². The Kier molecular flexibility index (Phi) is 7.02. The van der Waals surface area contributed by atoms with Crippen molar-refractivity contribution in [2.45, 2.75) is 57.5 Å². The van der Waals surface area contributed by atoms with Crippen molar-refractivity contribution in [2.75, 3.05) is 24.6 Å². The van der Waals surface area contributed by atoms with Crippen molar-refractivity contribution in [1.29, 1.82) is 0 Å². The van der Waals surface area contributed by atoms with Crippen LogP contribution in [0.4, 0.5) is 5.82 Å². The summed E-state index contributed by atoms with van der Waals surface area (Å²) in [5.74, 6) is 1.32. The van der Waals surface area contributed by atoms with E-state index in [4.69, 9.17) is 32.9 Å². The molecule has 212 valence electrons. The summed E-state index contributed by atoms with van der Waals surface area (Å²) in [7, 11) is 0. The molecule has 0 saturated carbocycles. The summed E-state index contributed by atoms with van der Waals surface area (Å²) in [4.78, 5) is 9.83. The number of anilines is 1. The van der Waals surface area contributed by atoms with Crippen LogP contribution in [0.2, 0.25) is 10.0 Å². The highest BCUT2D eigenvalue weighted by atomic mass is 35.5. The van der Waals surface area contributed by atoms with Gasteiger partial charge in [-0.15, -0.1) is 15.3 Å². The van der Waals surface area contributed by atoms with Gasteiger partial charge in [0.2, 0.25) is 0 Å². The lowest BCUT2D eigenvalue weighted by Gasteiger charge is -2.48. The lowest BCUT2D eigenvalue weighted by Crippen LogP contribution is -2.57. The van der Waals surface area contributed by atoms with Crippen molar-refractivity contribution in [3.05, 3.63) is 76.0 Å². The third-order valence-electron chi connectivity index (χ3n) is 8.29. The van der Waals surface area contributed by atoms with E-state index in [9.17, 15) is 0 Å². The molecule has 2 aliphatic rings. The predicted molar refractivity (Wildman–Crippen MR) is 159 cm³/mol. The molecular formula is C29H31Cl2N9O. The number of halogens is 2. The monoisotopic (exact) mass is 591 g/mol. The third kappa shape index (κ3) is 4.92. The molecule has 0 aliphatic carbocycles. The summed E-state index contributed by atoms with van der Waals surface area (Å²) in [5.41, 5.74) is 3.96. The zero-order valence-electron chi connectivity index (χ0n) is 22.9. The van der Waals surface area contributed by atoms with E-state index in [1.165, 1.54) is 11.1 Å². The zero-order chi connectivity index (χ0) is 28.1. The summed E-state index contributed by atoms with van der Waals surface area (Å²) >= 11 is 12.5. The maximum atomic E-state index is 6.26. The molecule has 0 unspecified atom stereocenters. The Morgan fingerprint density at radius 3 is 2.29 bits per heavy atom. The number of ether oxygens (including phenoxy) is 1. The van der Waals surface area contributed by atoms with Crippen LogP contribution in [0.15, 0.2) is 54.9 Å². The average molecular weight is 593 g/mol. The molecule has 10 nitrogen and oxygen atoms in total. The quantitative estimate of drug-likeness (QED) is 0.271. The van der Waals surface area contributed by atoms with Crippen molar-refractivity contribution in [1.82, 2.24) is 39.5 Å². The first-order chi connectivity index (χ1) is 20.0. The Bertz CT molecular complexity index is 1620. The molecule has 2 aliphatic heterocycles. The molecule has 3 aromatic heterocycles. The molecule has 0 radical (unpaired) electrons. The van der Waals surface area contributed by atoms with Gasteiger partial charge in [0.1, 0.15) is 6.33 Å². The summed E-state index contributed by atoms with van der Waals surface area (Å²) in [6.45, 7) is 7.48. The van der Waals surface area contributed by atoms with Gasteiger partial charge in [0, 0.05) is 41.8 Å². The normalized spacial score (nSPS) is 22.0. The Hall–Kier alpha value is -3.31. The molecule has 2 aromatic carbocycles. The number of piperazine rings is 1. The largest absolute Gasteiger partial charge is 0.376 e. The minimum Gasteiger partial charge on any atom is -0.376 e. The number of rotatable bonds is 6. The Labute approximate surface area is 247 Å². The molecule has 0 amide bonds. The van der Waals surface area contributed by atoms with E-state index >= 15 is 0 Å². The van der Waals surface area contributed by atoms with Crippen molar-refractivity contribution in [3.63, 3.8) is 0 Å². The molecule has 0 spiro atoms. The molecule has 0 bridgehead atoms. The van der Waals surface area contributed by atoms with Crippen LogP contribution in [0.1, 0.15) is 43.9 Å². The first-order valence-corrected chi connectivity index (χ1v) is 14.8. The standard InChI is InChI=1S/C29H31Cl2N9O/c1-18-15-38(19(2)14-37(18)26(20-5-9-22(30)10-6-20)21-7-11-23(31)12-8-21)27-25-28(39-17-32-35-29(39)33-27)40(36-34-25)16-24-4-3-13-41-24/h5-12,17-19,24,26H,3-4,13-16H2,1-2H3/t18-,19+,24-/m1/s1. The average Bonchev–Trinajstić information content (AvgIpc) is 3.74. The molecule has 41 heavy (non-hydrogen) atoms. The van der Waals surface area contributed by atoms with Gasteiger partial charge in [0.05, 0.1) is 18.7 Å². The molecule has 0 N–H and O–H groups in total. The van der Waals surface area contributed by atoms with E-state index in [2.05, 4.69) is 68.4 Å². The smallest absolute Gasteiger partial charge is 0.258 e. The van der Waals surface area contributed by atoms with Gasteiger partial charge in [0.15, 0.2) is 17.0 Å². The first kappa shape index (κ1) is 26.6. The van der Waals surface area contributed by atoms with Crippen LogP contribution < -0.4 is 4.90 Å². The zero-order valence-corrected chi connectivity index (χ0v) is 24.4. The predicted octanol–water partition coefficient (Wildman–Crippen LogP) is 5.04. The highest BCUT2D eigenvalue weighted by Gasteiger charge is 2.37. The highest BCUT2D eigenvalue weighted by Crippen LogP contribution is 2.36. The van der Waals surface area contributed by atoms with E-state index in [0.29, 0.717) is 12.3 Å². The maximum Gasteiger partial charge on any atom is 0.258 e. The molecule has 5 aromatic rings.